The van der Waals surface area contributed by atoms with Gasteiger partial charge in [0.2, 0.25) is 0 Å². The summed E-state index contributed by atoms with van der Waals surface area (Å²) in [6, 6.07) is 1.49. The van der Waals surface area contributed by atoms with Crippen molar-refractivity contribution in [2.45, 2.75) is 45.4 Å². The molecule has 1 aromatic rings. The summed E-state index contributed by atoms with van der Waals surface area (Å²) < 4.78 is 28.9. The third-order valence-electron chi connectivity index (χ3n) is 3.03. The maximum atomic E-state index is 14.6. The number of aliphatic hydroxyl groups excluding tert-OH is 1. The Labute approximate surface area is 134 Å². The quantitative estimate of drug-likeness (QED) is 0.476. The number of hydrogen-bond acceptors (Lipinski definition) is 4. The van der Waals surface area contributed by atoms with Crippen LogP contribution in [0.4, 0.5) is 4.39 Å². The molecule has 0 aliphatic heterocycles. The average molecular weight is 326 g/mol. The van der Waals surface area contributed by atoms with E-state index in [1.165, 1.54) is 18.3 Å². The zero-order valence-corrected chi connectivity index (χ0v) is 14.3. The van der Waals surface area contributed by atoms with Crippen LogP contribution in [0.2, 0.25) is 0 Å². The van der Waals surface area contributed by atoms with Gasteiger partial charge in [0, 0.05) is 35.1 Å². The minimum atomic E-state index is -1.31. The lowest BCUT2D eigenvalue weighted by Gasteiger charge is -2.23. The van der Waals surface area contributed by atoms with E-state index in [-0.39, 0.29) is 23.6 Å². The van der Waals surface area contributed by atoms with E-state index in [0.29, 0.717) is 12.0 Å². The third-order valence-corrected chi connectivity index (χ3v) is 4.55. The highest BCUT2D eigenvalue weighted by Gasteiger charge is 2.26. The predicted octanol–water partition coefficient (Wildman–Crippen LogP) is 3.64. The summed E-state index contributed by atoms with van der Waals surface area (Å²) in [7, 11) is 0. The Bertz CT molecular complexity index is 568. The largest absolute Gasteiger partial charge is 0.598 e. The molecular formula is C16H23FN2O2S. The molecule has 0 aliphatic carbocycles. The highest BCUT2D eigenvalue weighted by atomic mass is 32.2. The van der Waals surface area contributed by atoms with Crippen molar-refractivity contribution in [3.8, 4) is 0 Å². The first-order valence-corrected chi connectivity index (χ1v) is 8.21. The van der Waals surface area contributed by atoms with Crippen LogP contribution in [0.25, 0.3) is 5.57 Å². The summed E-state index contributed by atoms with van der Waals surface area (Å²) in [5.74, 6) is -0.479. The van der Waals surface area contributed by atoms with Crippen molar-refractivity contribution in [3.63, 3.8) is 0 Å². The van der Waals surface area contributed by atoms with Crippen molar-refractivity contribution < 1.29 is 14.0 Å². The first-order valence-electron chi connectivity index (χ1n) is 7.06. The number of hydrogen-bond donors (Lipinski definition) is 2. The molecule has 1 rings (SSSR count). The van der Waals surface area contributed by atoms with Crippen molar-refractivity contribution in [3.05, 3.63) is 47.8 Å². The Kier molecular flexibility index (Phi) is 6.59. The molecule has 0 radical (unpaired) electrons. The average Bonchev–Trinajstić information content (AvgIpc) is 2.46. The molecule has 4 nitrogen and oxygen atoms in total. The van der Waals surface area contributed by atoms with Gasteiger partial charge >= 0.3 is 0 Å². The summed E-state index contributed by atoms with van der Waals surface area (Å²) in [5.41, 5.74) is 0.738. The molecule has 2 N–H and O–H groups in total. The monoisotopic (exact) mass is 326 g/mol. The number of nitrogens with one attached hydrogen (secondary N) is 1. The van der Waals surface area contributed by atoms with Crippen LogP contribution in [0.3, 0.4) is 0 Å². The number of pyridine rings is 1. The minimum absolute atomic E-state index is 0.0425. The molecule has 1 heterocycles. The molecular weight excluding hydrogens is 303 g/mol. The summed E-state index contributed by atoms with van der Waals surface area (Å²) in [6.45, 7) is 10.9. The SMILES string of the molecule is C=C/C(=C(/O)CC)c1ccnc(CN[S+]([O-])C(C)(C)C)c1F. The molecule has 0 aromatic carbocycles. The first-order chi connectivity index (χ1) is 10.2. The fraction of sp³-hybridized carbons (Fsp3) is 0.438. The summed E-state index contributed by atoms with van der Waals surface area (Å²) in [5, 5.41) is 9.87. The fourth-order valence-corrected chi connectivity index (χ4v) is 2.44. The van der Waals surface area contributed by atoms with E-state index in [2.05, 4.69) is 16.3 Å². The van der Waals surface area contributed by atoms with E-state index in [0.717, 1.165) is 0 Å². The van der Waals surface area contributed by atoms with Gasteiger partial charge in [-0.15, -0.1) is 4.72 Å². The maximum Gasteiger partial charge on any atom is 0.154 e. The van der Waals surface area contributed by atoms with Crippen molar-refractivity contribution in [2.24, 2.45) is 0 Å². The van der Waals surface area contributed by atoms with Gasteiger partial charge < -0.3 is 9.66 Å². The van der Waals surface area contributed by atoms with Gasteiger partial charge in [0.15, 0.2) is 5.82 Å². The van der Waals surface area contributed by atoms with Gasteiger partial charge in [-0.05, 0) is 26.8 Å². The second kappa shape index (κ2) is 7.76. The standard InChI is InChI=1S/C16H23FN2O2S/c1-6-11(14(20)7-2)12-8-9-18-13(15(12)17)10-19-22(21)16(3,4)5/h6,8-9,19-20H,1,7,10H2,2-5H3/b14-11-. The Morgan fingerprint density at radius 1 is 1.55 bits per heavy atom. The fourth-order valence-electron chi connectivity index (χ4n) is 1.74. The Morgan fingerprint density at radius 2 is 2.18 bits per heavy atom. The number of aromatic nitrogens is 1. The minimum Gasteiger partial charge on any atom is -0.598 e. The van der Waals surface area contributed by atoms with Gasteiger partial charge in [-0.2, -0.15) is 0 Å². The molecule has 0 saturated carbocycles. The van der Waals surface area contributed by atoms with Gasteiger partial charge in [0.05, 0.1) is 18.0 Å². The molecule has 0 amide bonds. The van der Waals surface area contributed by atoms with Gasteiger partial charge in [-0.3, -0.25) is 4.98 Å². The van der Waals surface area contributed by atoms with Gasteiger partial charge in [-0.25, -0.2) is 4.39 Å². The second-order valence-electron chi connectivity index (χ2n) is 5.74. The van der Waals surface area contributed by atoms with E-state index in [4.69, 9.17) is 0 Å². The second-order valence-corrected chi connectivity index (χ2v) is 7.79. The van der Waals surface area contributed by atoms with Gasteiger partial charge in [0.1, 0.15) is 4.75 Å². The van der Waals surface area contributed by atoms with E-state index < -0.39 is 21.9 Å². The van der Waals surface area contributed by atoms with E-state index in [9.17, 15) is 14.0 Å². The van der Waals surface area contributed by atoms with E-state index >= 15 is 0 Å². The lowest BCUT2D eigenvalue weighted by Crippen LogP contribution is -2.39. The van der Waals surface area contributed by atoms with Crippen molar-refractivity contribution in [2.75, 3.05) is 0 Å². The first kappa shape index (κ1) is 18.7. The molecule has 122 valence electrons. The smallest absolute Gasteiger partial charge is 0.154 e. The maximum absolute atomic E-state index is 14.6. The molecule has 1 unspecified atom stereocenters. The lowest BCUT2D eigenvalue weighted by atomic mass is 10.0. The molecule has 1 aromatic heterocycles. The number of rotatable bonds is 6. The molecule has 0 saturated heterocycles. The molecule has 0 aliphatic rings. The van der Waals surface area contributed by atoms with Crippen LogP contribution in [0.15, 0.2) is 30.7 Å². The number of halogens is 1. The van der Waals surface area contributed by atoms with E-state index in [1.54, 1.807) is 6.92 Å². The van der Waals surface area contributed by atoms with Crippen LogP contribution in [0.5, 0.6) is 0 Å². The Hall–Kier alpha value is -1.37. The van der Waals surface area contributed by atoms with Crippen LogP contribution < -0.4 is 4.72 Å². The lowest BCUT2D eigenvalue weighted by molar-refractivity contribution is 0.397. The summed E-state index contributed by atoms with van der Waals surface area (Å²) in [6.07, 6.45) is 3.26. The zero-order valence-electron chi connectivity index (χ0n) is 13.4. The van der Waals surface area contributed by atoms with Crippen LogP contribution >= 0.6 is 0 Å². The van der Waals surface area contributed by atoms with Crippen molar-refractivity contribution in [1.82, 2.24) is 9.71 Å². The topological polar surface area (TPSA) is 68.2 Å². The summed E-state index contributed by atoms with van der Waals surface area (Å²) in [4.78, 5) is 3.98. The highest BCUT2D eigenvalue weighted by molar-refractivity contribution is 7.90. The predicted molar refractivity (Wildman–Crippen MR) is 89.0 cm³/mol. The summed E-state index contributed by atoms with van der Waals surface area (Å²) >= 11 is -1.31. The Morgan fingerprint density at radius 3 is 2.68 bits per heavy atom. The third kappa shape index (κ3) is 4.56. The number of aliphatic hydroxyl groups is 1. The van der Waals surface area contributed by atoms with Crippen LogP contribution in [-0.2, 0) is 17.9 Å². The molecule has 22 heavy (non-hydrogen) atoms. The van der Waals surface area contributed by atoms with Crippen LogP contribution in [-0.4, -0.2) is 19.4 Å². The highest BCUT2D eigenvalue weighted by Crippen LogP contribution is 2.24. The van der Waals surface area contributed by atoms with Gasteiger partial charge in [-0.1, -0.05) is 19.6 Å². The van der Waals surface area contributed by atoms with Gasteiger partial charge in [0.25, 0.3) is 0 Å². The van der Waals surface area contributed by atoms with Crippen molar-refractivity contribution >= 4 is 16.9 Å². The molecule has 0 spiro atoms. The number of nitrogens with zero attached hydrogens (tertiary/aromatic N) is 1. The van der Waals surface area contributed by atoms with E-state index in [1.807, 2.05) is 20.8 Å². The zero-order chi connectivity index (χ0) is 16.9. The normalized spacial score (nSPS) is 14.5. The van der Waals surface area contributed by atoms with Crippen molar-refractivity contribution in [1.29, 1.82) is 0 Å². The molecule has 6 heteroatoms. The Balaban J connectivity index is 3.07. The van der Waals surface area contributed by atoms with Crippen LogP contribution in [0.1, 0.15) is 45.4 Å². The molecule has 0 fully saturated rings. The molecule has 0 bridgehead atoms. The van der Waals surface area contributed by atoms with Crippen LogP contribution in [0, 0.1) is 5.82 Å². The molecule has 1 atom stereocenters. The number of allylic oxidation sites excluding steroid dienone is 3.